The molecule has 1 aliphatic rings. The molecule has 1 saturated heterocycles. The van der Waals surface area contributed by atoms with Crippen LogP contribution in [0.5, 0.6) is 5.75 Å². The largest absolute Gasteiger partial charge is 0.496 e. The first kappa shape index (κ1) is 11.9. The van der Waals surface area contributed by atoms with Crippen molar-refractivity contribution >= 4 is 15.9 Å². The minimum absolute atomic E-state index is 0.230. The van der Waals surface area contributed by atoms with Gasteiger partial charge >= 0.3 is 0 Å². The lowest BCUT2D eigenvalue weighted by atomic mass is 9.95. The molecule has 0 aliphatic carbocycles. The second kappa shape index (κ2) is 4.72. The molecule has 2 nitrogen and oxygen atoms in total. The summed E-state index contributed by atoms with van der Waals surface area (Å²) in [6, 6.07) is 1.85. The third kappa shape index (κ3) is 1.96. The van der Waals surface area contributed by atoms with E-state index in [1.807, 2.05) is 6.07 Å². The Morgan fingerprint density at radius 3 is 2.88 bits per heavy atom. The standard InChI is InChI=1S/C12H15BrFNO/c1-7-11(14)10(13)5-9(12(7)16-2)8-3-4-15-6-8/h5,8,15H,3-4,6H2,1-2H3. The summed E-state index contributed by atoms with van der Waals surface area (Å²) in [5.74, 6) is 0.881. The van der Waals surface area contributed by atoms with Crippen molar-refractivity contribution in [3.8, 4) is 5.75 Å². The van der Waals surface area contributed by atoms with Crippen molar-refractivity contribution in [3.63, 3.8) is 0 Å². The monoisotopic (exact) mass is 287 g/mol. The molecule has 16 heavy (non-hydrogen) atoms. The molecule has 0 amide bonds. The number of hydrogen-bond donors (Lipinski definition) is 1. The van der Waals surface area contributed by atoms with E-state index in [-0.39, 0.29) is 5.82 Å². The molecule has 0 saturated carbocycles. The van der Waals surface area contributed by atoms with E-state index in [0.29, 0.717) is 21.7 Å². The highest BCUT2D eigenvalue weighted by molar-refractivity contribution is 9.10. The summed E-state index contributed by atoms with van der Waals surface area (Å²) in [4.78, 5) is 0. The molecule has 1 heterocycles. The number of benzene rings is 1. The SMILES string of the molecule is COc1c(C2CCNC2)cc(Br)c(F)c1C. The number of hydrogen-bond acceptors (Lipinski definition) is 2. The van der Waals surface area contributed by atoms with Crippen LogP contribution in [0.2, 0.25) is 0 Å². The van der Waals surface area contributed by atoms with Gasteiger partial charge in [0, 0.05) is 23.6 Å². The lowest BCUT2D eigenvalue weighted by Crippen LogP contribution is -2.09. The van der Waals surface area contributed by atoms with Crippen molar-refractivity contribution in [3.05, 3.63) is 27.5 Å². The van der Waals surface area contributed by atoms with E-state index >= 15 is 0 Å². The first-order chi connectivity index (χ1) is 7.65. The summed E-state index contributed by atoms with van der Waals surface area (Å²) >= 11 is 3.26. The van der Waals surface area contributed by atoms with Crippen LogP contribution in [-0.4, -0.2) is 20.2 Å². The number of methoxy groups -OCH3 is 1. The number of ether oxygens (including phenoxy) is 1. The molecule has 1 aromatic carbocycles. The predicted molar refractivity (Wildman–Crippen MR) is 65.6 cm³/mol. The van der Waals surface area contributed by atoms with Gasteiger partial charge in [-0.25, -0.2) is 4.39 Å². The van der Waals surface area contributed by atoms with E-state index < -0.39 is 0 Å². The van der Waals surface area contributed by atoms with E-state index in [4.69, 9.17) is 4.74 Å². The van der Waals surface area contributed by atoms with E-state index in [9.17, 15) is 4.39 Å². The fourth-order valence-corrected chi connectivity index (χ4v) is 2.80. The Morgan fingerprint density at radius 2 is 2.31 bits per heavy atom. The zero-order valence-electron chi connectivity index (χ0n) is 9.44. The topological polar surface area (TPSA) is 21.3 Å². The van der Waals surface area contributed by atoms with Crippen molar-refractivity contribution in [1.82, 2.24) is 5.32 Å². The molecule has 0 spiro atoms. The van der Waals surface area contributed by atoms with Gasteiger partial charge in [0.15, 0.2) is 0 Å². The minimum Gasteiger partial charge on any atom is -0.496 e. The highest BCUT2D eigenvalue weighted by Gasteiger charge is 2.23. The fraction of sp³-hybridized carbons (Fsp3) is 0.500. The number of nitrogens with one attached hydrogen (secondary N) is 1. The van der Waals surface area contributed by atoms with Gasteiger partial charge in [-0.1, -0.05) is 0 Å². The second-order valence-corrected chi connectivity index (χ2v) is 4.96. The third-order valence-electron chi connectivity index (χ3n) is 3.13. The van der Waals surface area contributed by atoms with Gasteiger partial charge in [-0.05, 0) is 41.9 Å². The Bertz CT molecular complexity index is 402. The Labute approximate surface area is 103 Å². The molecule has 0 aromatic heterocycles. The first-order valence-electron chi connectivity index (χ1n) is 5.38. The van der Waals surface area contributed by atoms with Crippen molar-refractivity contribution in [2.75, 3.05) is 20.2 Å². The van der Waals surface area contributed by atoms with Crippen LogP contribution in [0.3, 0.4) is 0 Å². The zero-order valence-corrected chi connectivity index (χ0v) is 11.0. The summed E-state index contributed by atoms with van der Waals surface area (Å²) in [7, 11) is 1.60. The lowest BCUT2D eigenvalue weighted by Gasteiger charge is -2.17. The van der Waals surface area contributed by atoms with Crippen LogP contribution in [0.25, 0.3) is 0 Å². The highest BCUT2D eigenvalue weighted by Crippen LogP contribution is 2.37. The molecular weight excluding hydrogens is 273 g/mol. The van der Waals surface area contributed by atoms with Gasteiger partial charge < -0.3 is 10.1 Å². The van der Waals surface area contributed by atoms with E-state index in [1.165, 1.54) is 0 Å². The maximum absolute atomic E-state index is 13.7. The van der Waals surface area contributed by atoms with Crippen LogP contribution in [0, 0.1) is 12.7 Å². The Morgan fingerprint density at radius 1 is 1.56 bits per heavy atom. The molecule has 0 radical (unpaired) electrons. The average molecular weight is 288 g/mol. The molecule has 1 N–H and O–H groups in total. The molecule has 88 valence electrons. The van der Waals surface area contributed by atoms with Gasteiger partial charge in [-0.3, -0.25) is 0 Å². The van der Waals surface area contributed by atoms with Crippen molar-refractivity contribution in [2.45, 2.75) is 19.3 Å². The normalized spacial score (nSPS) is 20.1. The molecular formula is C12H15BrFNO. The summed E-state index contributed by atoms with van der Waals surface area (Å²) in [5, 5.41) is 3.31. The molecule has 1 aliphatic heterocycles. The van der Waals surface area contributed by atoms with Crippen molar-refractivity contribution < 1.29 is 9.13 Å². The van der Waals surface area contributed by atoms with Crippen LogP contribution in [0.4, 0.5) is 4.39 Å². The van der Waals surface area contributed by atoms with Crippen LogP contribution < -0.4 is 10.1 Å². The Balaban J connectivity index is 2.50. The van der Waals surface area contributed by atoms with Gasteiger partial charge in [-0.15, -0.1) is 0 Å². The summed E-state index contributed by atoms with van der Waals surface area (Å²) in [6.45, 7) is 3.71. The number of halogens is 2. The zero-order chi connectivity index (χ0) is 11.7. The smallest absolute Gasteiger partial charge is 0.143 e. The molecule has 4 heteroatoms. The second-order valence-electron chi connectivity index (χ2n) is 4.11. The van der Waals surface area contributed by atoms with E-state index in [2.05, 4.69) is 21.2 Å². The van der Waals surface area contributed by atoms with Crippen LogP contribution in [-0.2, 0) is 0 Å². The summed E-state index contributed by atoms with van der Waals surface area (Å²) in [5.41, 5.74) is 1.68. The highest BCUT2D eigenvalue weighted by atomic mass is 79.9. The van der Waals surface area contributed by atoms with Gasteiger partial charge in [0.05, 0.1) is 11.6 Å². The minimum atomic E-state index is -0.230. The maximum atomic E-state index is 13.7. The first-order valence-corrected chi connectivity index (χ1v) is 6.17. The van der Waals surface area contributed by atoms with Gasteiger partial charge in [0.1, 0.15) is 11.6 Å². The number of rotatable bonds is 2. The quantitative estimate of drug-likeness (QED) is 0.903. The fourth-order valence-electron chi connectivity index (χ4n) is 2.26. The average Bonchev–Trinajstić information content (AvgIpc) is 2.79. The lowest BCUT2D eigenvalue weighted by molar-refractivity contribution is 0.398. The van der Waals surface area contributed by atoms with Crippen molar-refractivity contribution in [2.24, 2.45) is 0 Å². The van der Waals surface area contributed by atoms with Gasteiger partial charge in [0.2, 0.25) is 0 Å². The third-order valence-corrected chi connectivity index (χ3v) is 3.71. The molecule has 1 fully saturated rings. The van der Waals surface area contributed by atoms with E-state index in [1.54, 1.807) is 14.0 Å². The van der Waals surface area contributed by atoms with Crippen LogP contribution in [0.1, 0.15) is 23.5 Å². The molecule has 1 atom stereocenters. The summed E-state index contributed by atoms with van der Waals surface area (Å²) in [6.07, 6.45) is 1.08. The Hall–Kier alpha value is -0.610. The maximum Gasteiger partial charge on any atom is 0.143 e. The Kier molecular flexibility index (Phi) is 3.50. The summed E-state index contributed by atoms with van der Waals surface area (Å²) < 4.78 is 19.6. The predicted octanol–water partition coefficient (Wildman–Crippen LogP) is 2.98. The van der Waals surface area contributed by atoms with Crippen molar-refractivity contribution in [1.29, 1.82) is 0 Å². The van der Waals surface area contributed by atoms with Crippen LogP contribution in [0.15, 0.2) is 10.5 Å². The van der Waals surface area contributed by atoms with Gasteiger partial charge in [-0.2, -0.15) is 0 Å². The van der Waals surface area contributed by atoms with Crippen LogP contribution >= 0.6 is 15.9 Å². The van der Waals surface area contributed by atoms with E-state index in [0.717, 1.165) is 25.1 Å². The molecule has 1 unspecified atom stereocenters. The molecule has 0 bridgehead atoms. The molecule has 1 aromatic rings. The van der Waals surface area contributed by atoms with Gasteiger partial charge in [0.25, 0.3) is 0 Å². The molecule has 2 rings (SSSR count).